The Morgan fingerprint density at radius 1 is 1.50 bits per heavy atom. The van der Waals surface area contributed by atoms with Gasteiger partial charge in [0.25, 0.3) is 5.56 Å². The van der Waals surface area contributed by atoms with Crippen LogP contribution in [0, 0.1) is 6.92 Å². The highest BCUT2D eigenvalue weighted by Gasteiger charge is 2.15. The number of nitrogens with one attached hydrogen (secondary N) is 1. The number of hydrogen-bond donors (Lipinski definition) is 1. The summed E-state index contributed by atoms with van der Waals surface area (Å²) in [5, 5.41) is 3.20. The molecule has 0 saturated carbocycles. The molecule has 1 aliphatic heterocycles. The van der Waals surface area contributed by atoms with Crippen molar-refractivity contribution in [1.82, 2.24) is 14.7 Å². The first-order valence-corrected chi connectivity index (χ1v) is 5.47. The highest BCUT2D eigenvalue weighted by molar-refractivity contribution is 5.43. The van der Waals surface area contributed by atoms with Crippen molar-refractivity contribution in [2.45, 2.75) is 19.9 Å². The molecule has 82 valence electrons. The molecule has 0 atom stereocenters. The van der Waals surface area contributed by atoms with E-state index in [1.54, 1.807) is 10.6 Å². The van der Waals surface area contributed by atoms with E-state index in [4.69, 9.17) is 0 Å². The van der Waals surface area contributed by atoms with E-state index in [2.05, 4.69) is 10.3 Å². The molecule has 2 aromatic heterocycles. The van der Waals surface area contributed by atoms with Gasteiger partial charge in [0.15, 0.2) is 0 Å². The van der Waals surface area contributed by atoms with Crippen molar-refractivity contribution in [3.05, 3.63) is 45.5 Å². The van der Waals surface area contributed by atoms with Crippen molar-refractivity contribution in [2.75, 3.05) is 6.54 Å². The summed E-state index contributed by atoms with van der Waals surface area (Å²) in [4.78, 5) is 16.7. The van der Waals surface area contributed by atoms with E-state index in [1.165, 1.54) is 0 Å². The summed E-state index contributed by atoms with van der Waals surface area (Å²) in [6.07, 6.45) is 2.64. The Hall–Kier alpha value is -1.68. The molecule has 0 saturated heterocycles. The van der Waals surface area contributed by atoms with E-state index in [1.807, 2.05) is 19.1 Å². The van der Waals surface area contributed by atoms with Gasteiger partial charge in [0.05, 0.1) is 11.3 Å². The Kier molecular flexibility index (Phi) is 2.04. The molecular formula is C12H13N3O. The van der Waals surface area contributed by atoms with E-state index in [9.17, 15) is 4.79 Å². The van der Waals surface area contributed by atoms with Crippen LogP contribution in [0.25, 0.3) is 5.65 Å². The zero-order valence-corrected chi connectivity index (χ0v) is 9.16. The van der Waals surface area contributed by atoms with Gasteiger partial charge in [-0.05, 0) is 24.6 Å². The first kappa shape index (κ1) is 9.54. The fraction of sp³-hybridized carbons (Fsp3) is 0.333. The number of rotatable bonds is 0. The Morgan fingerprint density at radius 2 is 2.38 bits per heavy atom. The molecule has 16 heavy (non-hydrogen) atoms. The van der Waals surface area contributed by atoms with Gasteiger partial charge in [0.1, 0.15) is 5.65 Å². The Balaban J connectivity index is 2.39. The molecule has 0 aliphatic carbocycles. The van der Waals surface area contributed by atoms with Crippen molar-refractivity contribution in [1.29, 1.82) is 0 Å². The SMILES string of the molecule is Cc1ccn2c(=O)c3c(nc2c1)CCNC3. The standard InChI is InChI=1S/C12H13N3O/c1-8-3-5-15-11(6-8)14-10-2-4-13-7-9(10)12(15)16/h3,5-6,13H,2,4,7H2,1H3. The molecule has 0 radical (unpaired) electrons. The van der Waals surface area contributed by atoms with Crippen LogP contribution in [0.15, 0.2) is 23.1 Å². The summed E-state index contributed by atoms with van der Waals surface area (Å²) < 4.78 is 1.62. The molecule has 0 fully saturated rings. The van der Waals surface area contributed by atoms with Gasteiger partial charge in [-0.1, -0.05) is 0 Å². The predicted molar refractivity (Wildman–Crippen MR) is 61.6 cm³/mol. The fourth-order valence-corrected chi connectivity index (χ4v) is 2.13. The van der Waals surface area contributed by atoms with Gasteiger partial charge in [0.2, 0.25) is 0 Å². The lowest BCUT2D eigenvalue weighted by Crippen LogP contribution is -2.33. The molecule has 3 heterocycles. The van der Waals surface area contributed by atoms with Crippen molar-refractivity contribution < 1.29 is 0 Å². The highest BCUT2D eigenvalue weighted by atomic mass is 16.1. The van der Waals surface area contributed by atoms with E-state index in [0.29, 0.717) is 6.54 Å². The lowest BCUT2D eigenvalue weighted by molar-refractivity contribution is 0.620. The second-order valence-corrected chi connectivity index (χ2v) is 4.20. The van der Waals surface area contributed by atoms with Crippen LogP contribution in [0.2, 0.25) is 0 Å². The van der Waals surface area contributed by atoms with Crippen LogP contribution in [-0.4, -0.2) is 15.9 Å². The van der Waals surface area contributed by atoms with Gasteiger partial charge < -0.3 is 5.32 Å². The maximum atomic E-state index is 12.2. The summed E-state index contributed by atoms with van der Waals surface area (Å²) in [5.74, 6) is 0. The minimum Gasteiger partial charge on any atom is -0.312 e. The Morgan fingerprint density at radius 3 is 3.25 bits per heavy atom. The number of fused-ring (bicyclic) bond motifs is 2. The van der Waals surface area contributed by atoms with Crippen molar-refractivity contribution >= 4 is 5.65 Å². The van der Waals surface area contributed by atoms with Crippen molar-refractivity contribution in [2.24, 2.45) is 0 Å². The zero-order valence-electron chi connectivity index (χ0n) is 9.16. The Bertz CT molecular complexity index is 615. The van der Waals surface area contributed by atoms with Crippen LogP contribution in [0.1, 0.15) is 16.8 Å². The number of aryl methyl sites for hydroxylation is 1. The van der Waals surface area contributed by atoms with Gasteiger partial charge >= 0.3 is 0 Å². The van der Waals surface area contributed by atoms with Gasteiger partial charge in [-0.3, -0.25) is 9.20 Å². The second-order valence-electron chi connectivity index (χ2n) is 4.20. The molecule has 0 amide bonds. The quantitative estimate of drug-likeness (QED) is 0.702. The molecule has 0 spiro atoms. The third kappa shape index (κ3) is 1.34. The molecule has 0 aromatic carbocycles. The first-order chi connectivity index (χ1) is 7.75. The van der Waals surface area contributed by atoms with Gasteiger partial charge in [0, 0.05) is 25.7 Å². The molecule has 4 nitrogen and oxygen atoms in total. The third-order valence-corrected chi connectivity index (χ3v) is 3.01. The van der Waals surface area contributed by atoms with Gasteiger partial charge in [-0.2, -0.15) is 0 Å². The average Bonchev–Trinajstić information content (AvgIpc) is 2.29. The predicted octanol–water partition coefficient (Wildman–Crippen LogP) is 0.649. The smallest absolute Gasteiger partial charge is 0.262 e. The normalized spacial score (nSPS) is 15.1. The summed E-state index contributed by atoms with van der Waals surface area (Å²) in [5.41, 5.74) is 3.71. The van der Waals surface area contributed by atoms with Gasteiger partial charge in [-0.25, -0.2) is 4.98 Å². The molecule has 1 aliphatic rings. The highest BCUT2D eigenvalue weighted by Crippen LogP contribution is 2.10. The zero-order chi connectivity index (χ0) is 11.1. The van der Waals surface area contributed by atoms with Crippen LogP contribution in [0.4, 0.5) is 0 Å². The maximum Gasteiger partial charge on any atom is 0.262 e. The van der Waals surface area contributed by atoms with E-state index in [0.717, 1.165) is 35.4 Å². The molecule has 1 N–H and O–H groups in total. The lowest BCUT2D eigenvalue weighted by atomic mass is 10.1. The largest absolute Gasteiger partial charge is 0.312 e. The molecule has 2 aromatic rings. The number of nitrogens with zero attached hydrogens (tertiary/aromatic N) is 2. The lowest BCUT2D eigenvalue weighted by Gasteiger charge is -2.16. The van der Waals surface area contributed by atoms with Crippen molar-refractivity contribution in [3.63, 3.8) is 0 Å². The minimum absolute atomic E-state index is 0.0622. The van der Waals surface area contributed by atoms with E-state index >= 15 is 0 Å². The van der Waals surface area contributed by atoms with Gasteiger partial charge in [-0.15, -0.1) is 0 Å². The van der Waals surface area contributed by atoms with Crippen LogP contribution < -0.4 is 10.9 Å². The minimum atomic E-state index is 0.0622. The molecular weight excluding hydrogens is 202 g/mol. The Labute approximate surface area is 92.9 Å². The summed E-state index contributed by atoms with van der Waals surface area (Å²) in [6, 6.07) is 3.88. The number of aromatic nitrogens is 2. The fourth-order valence-electron chi connectivity index (χ4n) is 2.13. The average molecular weight is 215 g/mol. The topological polar surface area (TPSA) is 46.4 Å². The first-order valence-electron chi connectivity index (χ1n) is 5.47. The van der Waals surface area contributed by atoms with Crippen LogP contribution >= 0.6 is 0 Å². The number of hydrogen-bond acceptors (Lipinski definition) is 3. The second kappa shape index (κ2) is 3.42. The third-order valence-electron chi connectivity index (χ3n) is 3.01. The molecule has 0 bridgehead atoms. The summed E-state index contributed by atoms with van der Waals surface area (Å²) in [6.45, 7) is 3.55. The van der Waals surface area contributed by atoms with Crippen LogP contribution in [-0.2, 0) is 13.0 Å². The molecule has 4 heteroatoms. The molecule has 0 unspecified atom stereocenters. The number of pyridine rings is 1. The van der Waals surface area contributed by atoms with E-state index < -0.39 is 0 Å². The monoisotopic (exact) mass is 215 g/mol. The summed E-state index contributed by atoms with van der Waals surface area (Å²) >= 11 is 0. The van der Waals surface area contributed by atoms with E-state index in [-0.39, 0.29) is 5.56 Å². The van der Waals surface area contributed by atoms with Crippen LogP contribution in [0.5, 0.6) is 0 Å². The maximum absolute atomic E-state index is 12.2. The van der Waals surface area contributed by atoms with Crippen LogP contribution in [0.3, 0.4) is 0 Å². The summed E-state index contributed by atoms with van der Waals surface area (Å²) in [7, 11) is 0. The van der Waals surface area contributed by atoms with Crippen molar-refractivity contribution in [3.8, 4) is 0 Å². The molecule has 3 rings (SSSR count).